The average molecular weight is 291 g/mol. The van der Waals surface area contributed by atoms with Crippen molar-refractivity contribution in [3.63, 3.8) is 0 Å². The van der Waals surface area contributed by atoms with Crippen LogP contribution in [0.25, 0.3) is 0 Å². The fraction of sp³-hybridized carbons (Fsp3) is 0.0714. The van der Waals surface area contributed by atoms with Gasteiger partial charge in [0.1, 0.15) is 0 Å². The highest BCUT2D eigenvalue weighted by Gasteiger charge is 2.29. The largest absolute Gasteiger partial charge is 0.369 e. The summed E-state index contributed by atoms with van der Waals surface area (Å²) in [5.74, 6) is 0. The zero-order valence-corrected chi connectivity index (χ0v) is 11.4. The number of hydrogen-bond donors (Lipinski definition) is 2. The van der Waals surface area contributed by atoms with Crippen LogP contribution in [0.1, 0.15) is 11.8 Å². The van der Waals surface area contributed by atoms with Gasteiger partial charge in [-0.3, -0.25) is 4.90 Å². The zero-order chi connectivity index (χ0) is 13.4. The summed E-state index contributed by atoms with van der Waals surface area (Å²) >= 11 is 11.3. The van der Waals surface area contributed by atoms with Gasteiger partial charge in [0.2, 0.25) is 0 Å². The molecule has 0 spiro atoms. The lowest BCUT2D eigenvalue weighted by atomic mass is 10.1. The number of nitrogens with one attached hydrogen (secondary N) is 1. The Morgan fingerprint density at radius 3 is 2.74 bits per heavy atom. The number of para-hydroxylation sites is 1. The Bertz CT molecular complexity index is 647. The van der Waals surface area contributed by atoms with Crippen molar-refractivity contribution in [2.24, 2.45) is 0 Å². The molecule has 0 radical (unpaired) electrons. The van der Waals surface area contributed by atoms with Gasteiger partial charge in [0.25, 0.3) is 0 Å². The van der Waals surface area contributed by atoms with Crippen molar-refractivity contribution in [3.05, 3.63) is 59.1 Å². The number of aliphatic hydroxyl groups excluding tert-OH is 1. The van der Waals surface area contributed by atoms with Crippen LogP contribution in [0.5, 0.6) is 0 Å². The number of nitrogens with zero attached hydrogens (tertiary/aromatic N) is 1. The van der Waals surface area contributed by atoms with Gasteiger partial charge in [0, 0.05) is 22.0 Å². The number of halogens is 1. The first kappa shape index (κ1) is 12.4. The molecule has 1 atom stereocenters. The lowest BCUT2D eigenvalue weighted by Crippen LogP contribution is -2.42. The van der Waals surface area contributed by atoms with Crippen LogP contribution < -0.4 is 10.2 Å². The summed E-state index contributed by atoms with van der Waals surface area (Å²) in [7, 11) is 0. The molecule has 2 aromatic rings. The van der Waals surface area contributed by atoms with Crippen molar-refractivity contribution in [2.45, 2.75) is 6.23 Å². The molecule has 0 aliphatic carbocycles. The van der Waals surface area contributed by atoms with Crippen LogP contribution in [0.3, 0.4) is 0 Å². The van der Waals surface area contributed by atoms with E-state index in [0.717, 1.165) is 16.9 Å². The lowest BCUT2D eigenvalue weighted by molar-refractivity contribution is 0.187. The van der Waals surface area contributed by atoms with Crippen LogP contribution in [0.4, 0.5) is 11.4 Å². The molecular weight excluding hydrogens is 280 g/mol. The third-order valence-electron chi connectivity index (χ3n) is 3.03. The van der Waals surface area contributed by atoms with E-state index in [-0.39, 0.29) is 0 Å². The SMILES string of the molecule is OC1c2ccccc2NC(=S)N1c1cccc(Cl)c1. The van der Waals surface area contributed by atoms with Crippen LogP contribution in [0, 0.1) is 0 Å². The van der Waals surface area contributed by atoms with E-state index >= 15 is 0 Å². The molecule has 0 amide bonds. The van der Waals surface area contributed by atoms with Crippen molar-refractivity contribution in [3.8, 4) is 0 Å². The maximum Gasteiger partial charge on any atom is 0.180 e. The van der Waals surface area contributed by atoms with E-state index in [0.29, 0.717) is 10.1 Å². The van der Waals surface area contributed by atoms with E-state index in [1.165, 1.54) is 0 Å². The summed E-state index contributed by atoms with van der Waals surface area (Å²) in [6.07, 6.45) is -0.816. The topological polar surface area (TPSA) is 35.5 Å². The molecule has 0 aromatic heterocycles. The highest BCUT2D eigenvalue weighted by molar-refractivity contribution is 7.80. The number of benzene rings is 2. The first-order valence-electron chi connectivity index (χ1n) is 5.79. The minimum absolute atomic E-state index is 0.452. The third-order valence-corrected chi connectivity index (χ3v) is 3.56. The molecule has 0 bridgehead atoms. The second kappa shape index (κ2) is 4.81. The molecule has 5 heteroatoms. The molecule has 3 rings (SSSR count). The summed E-state index contributed by atoms with van der Waals surface area (Å²) in [6.45, 7) is 0. The fourth-order valence-corrected chi connectivity index (χ4v) is 2.65. The smallest absolute Gasteiger partial charge is 0.180 e. The number of fused-ring (bicyclic) bond motifs is 1. The van der Waals surface area contributed by atoms with Gasteiger partial charge in [-0.25, -0.2) is 0 Å². The normalized spacial score (nSPS) is 17.9. The number of thiocarbonyl (C=S) groups is 1. The first-order valence-corrected chi connectivity index (χ1v) is 6.58. The Kier molecular flexibility index (Phi) is 3.14. The van der Waals surface area contributed by atoms with E-state index < -0.39 is 6.23 Å². The summed E-state index contributed by atoms with van der Waals surface area (Å²) in [5.41, 5.74) is 2.38. The Morgan fingerprint density at radius 2 is 1.95 bits per heavy atom. The molecule has 2 aromatic carbocycles. The highest BCUT2D eigenvalue weighted by atomic mass is 35.5. The minimum atomic E-state index is -0.816. The molecule has 0 fully saturated rings. The Balaban J connectivity index is 2.06. The predicted molar refractivity (Wildman–Crippen MR) is 81.6 cm³/mol. The Labute approximate surface area is 121 Å². The molecule has 1 aliphatic heterocycles. The van der Waals surface area contributed by atoms with Gasteiger partial charge in [-0.2, -0.15) is 0 Å². The van der Waals surface area contributed by atoms with Gasteiger partial charge in [-0.1, -0.05) is 35.9 Å². The average Bonchev–Trinajstić information content (AvgIpc) is 2.39. The second-order valence-corrected chi connectivity index (χ2v) is 5.06. The van der Waals surface area contributed by atoms with Crippen molar-refractivity contribution in [1.29, 1.82) is 0 Å². The molecule has 96 valence electrons. The number of aliphatic hydroxyl groups is 1. The van der Waals surface area contributed by atoms with Crippen molar-refractivity contribution in [1.82, 2.24) is 0 Å². The molecule has 0 saturated heterocycles. The van der Waals surface area contributed by atoms with Gasteiger partial charge in [0.15, 0.2) is 11.3 Å². The number of rotatable bonds is 1. The zero-order valence-electron chi connectivity index (χ0n) is 9.88. The van der Waals surface area contributed by atoms with Crippen LogP contribution in [0.15, 0.2) is 48.5 Å². The van der Waals surface area contributed by atoms with E-state index in [9.17, 15) is 5.11 Å². The molecule has 2 N–H and O–H groups in total. The van der Waals surface area contributed by atoms with Gasteiger partial charge < -0.3 is 10.4 Å². The number of anilines is 2. The van der Waals surface area contributed by atoms with Gasteiger partial charge >= 0.3 is 0 Å². The minimum Gasteiger partial charge on any atom is -0.369 e. The van der Waals surface area contributed by atoms with Gasteiger partial charge in [-0.15, -0.1) is 0 Å². The molecule has 19 heavy (non-hydrogen) atoms. The van der Waals surface area contributed by atoms with E-state index in [2.05, 4.69) is 5.32 Å². The molecule has 3 nitrogen and oxygen atoms in total. The van der Waals surface area contributed by atoms with Crippen molar-refractivity contribution >= 4 is 40.3 Å². The molecule has 1 unspecified atom stereocenters. The predicted octanol–water partition coefficient (Wildman–Crippen LogP) is 3.55. The lowest BCUT2D eigenvalue weighted by Gasteiger charge is -2.36. The fourth-order valence-electron chi connectivity index (χ4n) is 2.15. The van der Waals surface area contributed by atoms with Gasteiger partial charge in [0.05, 0.1) is 0 Å². The van der Waals surface area contributed by atoms with E-state index in [1.54, 1.807) is 17.0 Å². The summed E-state index contributed by atoms with van der Waals surface area (Å²) < 4.78 is 0. The van der Waals surface area contributed by atoms with Crippen molar-refractivity contribution < 1.29 is 5.11 Å². The monoisotopic (exact) mass is 290 g/mol. The second-order valence-electron chi connectivity index (χ2n) is 4.24. The third kappa shape index (κ3) is 2.18. The molecule has 1 heterocycles. The standard InChI is InChI=1S/C14H11ClN2OS/c15-9-4-3-5-10(8-9)17-13(18)11-6-1-2-7-12(11)16-14(17)19/h1-8,13,18H,(H,16,19). The molecule has 0 saturated carbocycles. The maximum atomic E-state index is 10.5. The summed E-state index contributed by atoms with van der Waals surface area (Å²) in [6, 6.07) is 14.8. The van der Waals surface area contributed by atoms with Crippen LogP contribution in [-0.4, -0.2) is 10.2 Å². The molecule has 1 aliphatic rings. The quantitative estimate of drug-likeness (QED) is 0.788. The van der Waals surface area contributed by atoms with Crippen LogP contribution in [-0.2, 0) is 0 Å². The first-order chi connectivity index (χ1) is 9.16. The summed E-state index contributed by atoms with van der Waals surface area (Å²) in [5, 5.41) is 14.7. The highest BCUT2D eigenvalue weighted by Crippen LogP contribution is 2.35. The van der Waals surface area contributed by atoms with E-state index in [4.69, 9.17) is 23.8 Å². The Morgan fingerprint density at radius 1 is 1.16 bits per heavy atom. The van der Waals surface area contributed by atoms with Crippen molar-refractivity contribution in [2.75, 3.05) is 10.2 Å². The summed E-state index contributed by atoms with van der Waals surface area (Å²) in [4.78, 5) is 1.64. The number of hydrogen-bond acceptors (Lipinski definition) is 2. The van der Waals surface area contributed by atoms with Gasteiger partial charge in [-0.05, 0) is 36.5 Å². The van der Waals surface area contributed by atoms with Crippen LogP contribution in [0.2, 0.25) is 5.02 Å². The Hall–Kier alpha value is -1.62. The van der Waals surface area contributed by atoms with E-state index in [1.807, 2.05) is 36.4 Å². The maximum absolute atomic E-state index is 10.5. The molecular formula is C14H11ClN2OS. The van der Waals surface area contributed by atoms with Crippen LogP contribution >= 0.6 is 23.8 Å².